The Hall–Kier alpha value is 0.130. The topological polar surface area (TPSA) is 12.9 Å². The van der Waals surface area contributed by atoms with E-state index in [1.165, 1.54) is 8.27 Å². The van der Waals surface area contributed by atoms with Crippen LogP contribution in [0.3, 0.4) is 0 Å². The molecular formula is C7H3ClINS. The van der Waals surface area contributed by atoms with E-state index in [1.807, 2.05) is 17.5 Å². The SMILES string of the molecule is Clc1cc(I)c2sccc2n1. The van der Waals surface area contributed by atoms with Crippen LogP contribution in [0.4, 0.5) is 0 Å². The molecule has 0 bridgehead atoms. The maximum absolute atomic E-state index is 5.77. The van der Waals surface area contributed by atoms with E-state index in [2.05, 4.69) is 27.6 Å². The van der Waals surface area contributed by atoms with Crippen molar-refractivity contribution in [2.75, 3.05) is 0 Å². The third kappa shape index (κ3) is 1.37. The Morgan fingerprint density at radius 3 is 3.18 bits per heavy atom. The number of aromatic nitrogens is 1. The average Bonchev–Trinajstić information content (AvgIpc) is 2.34. The van der Waals surface area contributed by atoms with Crippen molar-refractivity contribution in [1.82, 2.24) is 4.98 Å². The summed E-state index contributed by atoms with van der Waals surface area (Å²) in [6.45, 7) is 0. The van der Waals surface area contributed by atoms with E-state index in [4.69, 9.17) is 11.6 Å². The summed E-state index contributed by atoms with van der Waals surface area (Å²) in [5, 5.41) is 2.59. The zero-order valence-corrected chi connectivity index (χ0v) is 9.07. The lowest BCUT2D eigenvalue weighted by atomic mass is 10.4. The number of pyridine rings is 1. The molecular weight excluding hydrogens is 293 g/mol. The molecule has 0 aliphatic rings. The third-order valence-corrected chi connectivity index (χ3v) is 3.68. The first-order chi connectivity index (χ1) is 5.27. The Labute approximate surface area is 86.5 Å². The molecule has 0 spiro atoms. The number of halogens is 2. The molecule has 1 nitrogen and oxygen atoms in total. The molecule has 0 saturated heterocycles. The van der Waals surface area contributed by atoms with Crippen molar-refractivity contribution in [3.8, 4) is 0 Å². The molecule has 0 unspecified atom stereocenters. The molecule has 0 amide bonds. The van der Waals surface area contributed by atoms with Crippen LogP contribution in [0.2, 0.25) is 5.15 Å². The quantitative estimate of drug-likeness (QED) is 0.535. The monoisotopic (exact) mass is 295 g/mol. The fourth-order valence-electron chi connectivity index (χ4n) is 0.887. The number of hydrogen-bond donors (Lipinski definition) is 0. The Balaban J connectivity index is 2.91. The molecule has 4 heteroatoms. The lowest BCUT2D eigenvalue weighted by Gasteiger charge is -1.93. The van der Waals surface area contributed by atoms with Gasteiger partial charge in [-0.3, -0.25) is 0 Å². The highest BCUT2D eigenvalue weighted by Gasteiger charge is 2.02. The Morgan fingerprint density at radius 2 is 2.36 bits per heavy atom. The molecule has 2 aromatic rings. The van der Waals surface area contributed by atoms with Gasteiger partial charge in [0.25, 0.3) is 0 Å². The summed E-state index contributed by atoms with van der Waals surface area (Å²) in [7, 11) is 0. The van der Waals surface area contributed by atoms with Crippen LogP contribution in [0.25, 0.3) is 10.2 Å². The number of fused-ring (bicyclic) bond motifs is 1. The standard InChI is InChI=1S/C7H3ClINS/c8-6-3-4(9)7-5(10-6)1-2-11-7/h1-3H. The van der Waals surface area contributed by atoms with Crippen molar-refractivity contribution >= 4 is 55.7 Å². The number of thiophene rings is 1. The van der Waals surface area contributed by atoms with Gasteiger partial charge in [0.15, 0.2) is 0 Å². The number of rotatable bonds is 0. The predicted molar refractivity (Wildman–Crippen MR) is 57.3 cm³/mol. The summed E-state index contributed by atoms with van der Waals surface area (Å²) in [6.07, 6.45) is 0. The Kier molecular flexibility index (Phi) is 2.03. The van der Waals surface area contributed by atoms with E-state index in [0.29, 0.717) is 5.15 Å². The van der Waals surface area contributed by atoms with Gasteiger partial charge in [-0.1, -0.05) is 11.6 Å². The predicted octanol–water partition coefficient (Wildman–Crippen LogP) is 3.55. The first kappa shape index (κ1) is 7.76. The lowest BCUT2D eigenvalue weighted by molar-refractivity contribution is 1.42. The van der Waals surface area contributed by atoms with Crippen LogP contribution in [-0.2, 0) is 0 Å². The van der Waals surface area contributed by atoms with E-state index in [-0.39, 0.29) is 0 Å². The van der Waals surface area contributed by atoms with Gasteiger partial charge >= 0.3 is 0 Å². The zero-order valence-electron chi connectivity index (χ0n) is 5.34. The van der Waals surface area contributed by atoms with Crippen molar-refractivity contribution in [3.63, 3.8) is 0 Å². The first-order valence-corrected chi connectivity index (χ1v) is 5.30. The second-order valence-electron chi connectivity index (χ2n) is 2.06. The van der Waals surface area contributed by atoms with Crippen LogP contribution in [0.15, 0.2) is 17.5 Å². The van der Waals surface area contributed by atoms with Crippen LogP contribution < -0.4 is 0 Å². The van der Waals surface area contributed by atoms with E-state index < -0.39 is 0 Å². The van der Waals surface area contributed by atoms with Crippen LogP contribution in [-0.4, -0.2) is 4.98 Å². The van der Waals surface area contributed by atoms with Gasteiger partial charge in [0.1, 0.15) is 5.15 Å². The largest absolute Gasteiger partial charge is 0.235 e. The molecule has 2 heterocycles. The highest BCUT2D eigenvalue weighted by atomic mass is 127. The maximum Gasteiger partial charge on any atom is 0.130 e. The van der Waals surface area contributed by atoms with Crippen LogP contribution in [0, 0.1) is 3.57 Å². The molecule has 0 atom stereocenters. The summed E-state index contributed by atoms with van der Waals surface area (Å²) < 4.78 is 2.39. The van der Waals surface area contributed by atoms with E-state index in [1.54, 1.807) is 11.3 Å². The molecule has 0 aliphatic carbocycles. The number of nitrogens with zero attached hydrogens (tertiary/aromatic N) is 1. The Morgan fingerprint density at radius 1 is 1.55 bits per heavy atom. The minimum Gasteiger partial charge on any atom is -0.235 e. The fraction of sp³-hybridized carbons (Fsp3) is 0. The average molecular weight is 296 g/mol. The van der Waals surface area contributed by atoms with E-state index in [9.17, 15) is 0 Å². The third-order valence-electron chi connectivity index (χ3n) is 1.33. The van der Waals surface area contributed by atoms with Crippen molar-refractivity contribution in [2.45, 2.75) is 0 Å². The normalized spacial score (nSPS) is 10.7. The molecule has 0 radical (unpaired) electrons. The molecule has 0 aromatic carbocycles. The molecule has 2 aromatic heterocycles. The number of hydrogen-bond acceptors (Lipinski definition) is 2. The van der Waals surface area contributed by atoms with Gasteiger partial charge in [0, 0.05) is 3.57 Å². The maximum atomic E-state index is 5.77. The summed E-state index contributed by atoms with van der Waals surface area (Å²) in [5.74, 6) is 0. The lowest BCUT2D eigenvalue weighted by Crippen LogP contribution is -1.77. The molecule has 0 N–H and O–H groups in total. The molecule has 0 saturated carbocycles. The van der Waals surface area contributed by atoms with Gasteiger partial charge in [-0.15, -0.1) is 11.3 Å². The zero-order chi connectivity index (χ0) is 7.84. The van der Waals surface area contributed by atoms with Gasteiger partial charge in [0.05, 0.1) is 10.2 Å². The van der Waals surface area contributed by atoms with Gasteiger partial charge in [-0.25, -0.2) is 4.98 Å². The second-order valence-corrected chi connectivity index (χ2v) is 4.53. The molecule has 11 heavy (non-hydrogen) atoms. The summed E-state index contributed by atoms with van der Waals surface area (Å²) in [5.41, 5.74) is 0.993. The van der Waals surface area contributed by atoms with Crippen molar-refractivity contribution in [2.24, 2.45) is 0 Å². The van der Waals surface area contributed by atoms with Crippen molar-refractivity contribution < 1.29 is 0 Å². The molecule has 0 aliphatic heterocycles. The van der Waals surface area contributed by atoms with Gasteiger partial charge in [-0.2, -0.15) is 0 Å². The van der Waals surface area contributed by atoms with Gasteiger partial charge in [0.2, 0.25) is 0 Å². The van der Waals surface area contributed by atoms with Crippen LogP contribution in [0.5, 0.6) is 0 Å². The Bertz CT molecular complexity index is 398. The fourth-order valence-corrected chi connectivity index (χ4v) is 2.96. The first-order valence-electron chi connectivity index (χ1n) is 2.96. The van der Waals surface area contributed by atoms with E-state index >= 15 is 0 Å². The van der Waals surface area contributed by atoms with E-state index in [0.717, 1.165) is 5.52 Å². The summed E-state index contributed by atoms with van der Waals surface area (Å²) in [6, 6.07) is 3.86. The minimum absolute atomic E-state index is 0.570. The van der Waals surface area contributed by atoms with Gasteiger partial charge in [-0.05, 0) is 40.1 Å². The highest BCUT2D eigenvalue weighted by Crippen LogP contribution is 2.26. The minimum atomic E-state index is 0.570. The van der Waals surface area contributed by atoms with Crippen LogP contribution in [0.1, 0.15) is 0 Å². The van der Waals surface area contributed by atoms with Crippen LogP contribution >= 0.6 is 45.5 Å². The molecule has 0 fully saturated rings. The smallest absolute Gasteiger partial charge is 0.130 e. The highest BCUT2D eigenvalue weighted by molar-refractivity contribution is 14.1. The summed E-state index contributed by atoms with van der Waals surface area (Å²) in [4.78, 5) is 4.17. The molecule has 56 valence electrons. The second kappa shape index (κ2) is 2.88. The van der Waals surface area contributed by atoms with Crippen molar-refractivity contribution in [1.29, 1.82) is 0 Å². The summed E-state index contributed by atoms with van der Waals surface area (Å²) >= 11 is 9.73. The van der Waals surface area contributed by atoms with Gasteiger partial charge < -0.3 is 0 Å². The van der Waals surface area contributed by atoms with Crippen molar-refractivity contribution in [3.05, 3.63) is 26.2 Å². The molecule has 2 rings (SSSR count).